The summed E-state index contributed by atoms with van der Waals surface area (Å²) < 4.78 is 0. The van der Waals surface area contributed by atoms with Crippen LogP contribution in [0.15, 0.2) is 18.2 Å². The number of nitro benzene ring substituents is 1. The van der Waals surface area contributed by atoms with Gasteiger partial charge < -0.3 is 0 Å². The van der Waals surface area contributed by atoms with Crippen LogP contribution in [0.25, 0.3) is 0 Å². The molecular formula is C16H19ClN2O2. The van der Waals surface area contributed by atoms with Crippen LogP contribution in [0.5, 0.6) is 0 Å². The zero-order chi connectivity index (χ0) is 15.7. The third kappa shape index (κ3) is 3.54. The molecule has 1 aromatic carbocycles. The SMILES string of the molecule is CC1(C)CCC(C#N)(Cc2ccc(Cl)cc2[N+](=O)[O-])CC1. The molecule has 1 aliphatic carbocycles. The van der Waals surface area contributed by atoms with Gasteiger partial charge in [0.05, 0.1) is 16.4 Å². The lowest BCUT2D eigenvalue weighted by Crippen LogP contribution is -2.32. The average molecular weight is 307 g/mol. The normalized spacial score (nSPS) is 19.7. The smallest absolute Gasteiger partial charge is 0.258 e. The van der Waals surface area contributed by atoms with E-state index in [0.717, 1.165) is 25.7 Å². The number of benzene rings is 1. The topological polar surface area (TPSA) is 66.9 Å². The molecule has 5 heteroatoms. The van der Waals surface area contributed by atoms with Crippen LogP contribution in [-0.2, 0) is 6.42 Å². The highest BCUT2D eigenvalue weighted by Crippen LogP contribution is 2.47. The van der Waals surface area contributed by atoms with E-state index in [0.29, 0.717) is 17.0 Å². The van der Waals surface area contributed by atoms with Gasteiger partial charge in [0, 0.05) is 16.7 Å². The van der Waals surface area contributed by atoms with Crippen molar-refractivity contribution in [2.24, 2.45) is 10.8 Å². The van der Waals surface area contributed by atoms with Crippen molar-refractivity contribution >= 4 is 17.3 Å². The fourth-order valence-corrected chi connectivity index (χ4v) is 3.12. The summed E-state index contributed by atoms with van der Waals surface area (Å²) in [7, 11) is 0. The lowest BCUT2D eigenvalue weighted by Gasteiger charge is -2.39. The summed E-state index contributed by atoms with van der Waals surface area (Å²) in [6, 6.07) is 7.13. The fraction of sp³-hybridized carbons (Fsp3) is 0.562. The third-order valence-electron chi connectivity index (χ3n) is 4.57. The molecule has 0 aliphatic heterocycles. The summed E-state index contributed by atoms with van der Waals surface area (Å²) in [6.07, 6.45) is 3.95. The standard InChI is InChI=1S/C16H19ClN2O2/c1-15(2)5-7-16(11-18,8-6-15)10-12-3-4-13(17)9-14(12)19(20)21/h3-4,9H,5-8,10H2,1-2H3. The van der Waals surface area contributed by atoms with Crippen LogP contribution in [0, 0.1) is 32.3 Å². The number of nitro groups is 1. The first-order valence-corrected chi connectivity index (χ1v) is 7.49. The molecule has 1 fully saturated rings. The van der Waals surface area contributed by atoms with E-state index < -0.39 is 10.3 Å². The monoisotopic (exact) mass is 306 g/mol. The molecule has 0 atom stereocenters. The third-order valence-corrected chi connectivity index (χ3v) is 4.81. The number of nitrogens with zero attached hydrogens (tertiary/aromatic N) is 2. The molecule has 0 saturated heterocycles. The summed E-state index contributed by atoms with van der Waals surface area (Å²) in [6.45, 7) is 4.41. The maximum Gasteiger partial charge on any atom is 0.274 e. The fourth-order valence-electron chi connectivity index (χ4n) is 2.95. The van der Waals surface area contributed by atoms with Crippen molar-refractivity contribution in [2.45, 2.75) is 46.0 Å². The van der Waals surface area contributed by atoms with Gasteiger partial charge in [-0.3, -0.25) is 10.1 Å². The van der Waals surface area contributed by atoms with Crippen LogP contribution in [0.2, 0.25) is 5.02 Å². The molecule has 4 nitrogen and oxygen atoms in total. The second kappa shape index (κ2) is 5.65. The maximum absolute atomic E-state index is 11.2. The van der Waals surface area contributed by atoms with E-state index >= 15 is 0 Å². The predicted molar refractivity (Wildman–Crippen MR) is 82.1 cm³/mol. The Bertz CT molecular complexity index is 595. The zero-order valence-electron chi connectivity index (χ0n) is 12.4. The van der Waals surface area contributed by atoms with Crippen molar-refractivity contribution in [1.82, 2.24) is 0 Å². The molecule has 1 saturated carbocycles. The first-order valence-electron chi connectivity index (χ1n) is 7.11. The Morgan fingerprint density at radius 2 is 1.95 bits per heavy atom. The second-order valence-electron chi connectivity index (χ2n) is 6.76. The molecule has 0 spiro atoms. The van der Waals surface area contributed by atoms with E-state index in [2.05, 4.69) is 19.9 Å². The van der Waals surface area contributed by atoms with Gasteiger partial charge in [-0.25, -0.2) is 0 Å². The molecule has 0 radical (unpaired) electrons. The van der Waals surface area contributed by atoms with E-state index in [9.17, 15) is 15.4 Å². The number of rotatable bonds is 3. The number of hydrogen-bond donors (Lipinski definition) is 0. The van der Waals surface area contributed by atoms with E-state index in [1.165, 1.54) is 6.07 Å². The van der Waals surface area contributed by atoms with Crippen molar-refractivity contribution in [3.63, 3.8) is 0 Å². The Morgan fingerprint density at radius 1 is 1.33 bits per heavy atom. The lowest BCUT2D eigenvalue weighted by molar-refractivity contribution is -0.385. The molecule has 0 bridgehead atoms. The van der Waals surface area contributed by atoms with Crippen LogP contribution < -0.4 is 0 Å². The van der Waals surface area contributed by atoms with Crippen molar-refractivity contribution < 1.29 is 4.92 Å². The first kappa shape index (κ1) is 15.8. The van der Waals surface area contributed by atoms with Gasteiger partial charge in [0.15, 0.2) is 0 Å². The summed E-state index contributed by atoms with van der Waals surface area (Å²) in [5.74, 6) is 0. The van der Waals surface area contributed by atoms with Crippen molar-refractivity contribution in [1.29, 1.82) is 5.26 Å². The number of halogens is 1. The molecule has 0 amide bonds. The van der Waals surface area contributed by atoms with E-state index in [1.54, 1.807) is 12.1 Å². The highest BCUT2D eigenvalue weighted by Gasteiger charge is 2.39. The van der Waals surface area contributed by atoms with Gasteiger partial charge in [0.25, 0.3) is 5.69 Å². The van der Waals surface area contributed by atoms with Crippen molar-refractivity contribution in [2.75, 3.05) is 0 Å². The Labute approximate surface area is 129 Å². The Morgan fingerprint density at radius 3 is 2.48 bits per heavy atom. The lowest BCUT2D eigenvalue weighted by atomic mass is 9.63. The van der Waals surface area contributed by atoms with Crippen LogP contribution in [0.1, 0.15) is 45.1 Å². The van der Waals surface area contributed by atoms with Gasteiger partial charge in [-0.2, -0.15) is 5.26 Å². The second-order valence-corrected chi connectivity index (χ2v) is 7.20. The highest BCUT2D eigenvalue weighted by atomic mass is 35.5. The van der Waals surface area contributed by atoms with E-state index in [-0.39, 0.29) is 11.1 Å². The molecule has 0 N–H and O–H groups in total. The molecule has 1 aliphatic rings. The van der Waals surface area contributed by atoms with Gasteiger partial charge in [0.2, 0.25) is 0 Å². The highest BCUT2D eigenvalue weighted by molar-refractivity contribution is 6.30. The Hall–Kier alpha value is -1.60. The van der Waals surface area contributed by atoms with E-state index in [1.807, 2.05) is 0 Å². The number of hydrogen-bond acceptors (Lipinski definition) is 3. The molecule has 2 rings (SSSR count). The minimum Gasteiger partial charge on any atom is -0.258 e. The van der Waals surface area contributed by atoms with Crippen LogP contribution in [0.3, 0.4) is 0 Å². The molecule has 0 unspecified atom stereocenters. The molecule has 0 aromatic heterocycles. The molecule has 112 valence electrons. The predicted octanol–water partition coefficient (Wildman–Crippen LogP) is 4.90. The molecule has 21 heavy (non-hydrogen) atoms. The quantitative estimate of drug-likeness (QED) is 0.589. The summed E-state index contributed by atoms with van der Waals surface area (Å²) in [4.78, 5) is 10.8. The average Bonchev–Trinajstić information content (AvgIpc) is 2.43. The largest absolute Gasteiger partial charge is 0.274 e. The summed E-state index contributed by atoms with van der Waals surface area (Å²) in [5, 5.41) is 21.1. The van der Waals surface area contributed by atoms with E-state index in [4.69, 9.17) is 11.6 Å². The van der Waals surface area contributed by atoms with Gasteiger partial charge in [-0.05, 0) is 43.6 Å². The Balaban J connectivity index is 2.28. The summed E-state index contributed by atoms with van der Waals surface area (Å²) >= 11 is 5.84. The van der Waals surface area contributed by atoms with Crippen molar-refractivity contribution in [3.05, 3.63) is 38.9 Å². The van der Waals surface area contributed by atoms with Crippen LogP contribution in [0.4, 0.5) is 5.69 Å². The van der Waals surface area contributed by atoms with Gasteiger partial charge in [-0.1, -0.05) is 31.5 Å². The van der Waals surface area contributed by atoms with Crippen LogP contribution in [-0.4, -0.2) is 4.92 Å². The maximum atomic E-state index is 11.2. The molecular weight excluding hydrogens is 288 g/mol. The van der Waals surface area contributed by atoms with Gasteiger partial charge >= 0.3 is 0 Å². The molecule has 1 aromatic rings. The van der Waals surface area contributed by atoms with Crippen molar-refractivity contribution in [3.8, 4) is 6.07 Å². The molecule has 0 heterocycles. The Kier molecular flexibility index (Phi) is 4.25. The minimum atomic E-state index is -0.492. The zero-order valence-corrected chi connectivity index (χ0v) is 13.1. The number of nitriles is 1. The summed E-state index contributed by atoms with van der Waals surface area (Å²) in [5.41, 5.74) is 0.382. The van der Waals surface area contributed by atoms with Gasteiger partial charge in [0.1, 0.15) is 0 Å². The van der Waals surface area contributed by atoms with Crippen LogP contribution >= 0.6 is 11.6 Å². The minimum absolute atomic E-state index is 0.0157. The first-order chi connectivity index (χ1) is 9.77. The van der Waals surface area contributed by atoms with Gasteiger partial charge in [-0.15, -0.1) is 0 Å².